The van der Waals surface area contributed by atoms with Gasteiger partial charge < -0.3 is 13.3 Å². The molecule has 0 fully saturated rings. The van der Waals surface area contributed by atoms with Gasteiger partial charge in [0, 0.05) is 11.9 Å². The molecule has 0 spiro atoms. The van der Waals surface area contributed by atoms with Crippen molar-refractivity contribution in [3.8, 4) is 0 Å². The average Bonchev–Trinajstić information content (AvgIpc) is 2.40. The van der Waals surface area contributed by atoms with Crippen LogP contribution in [0, 0.1) is 0 Å². The normalized spacial score (nSPS) is 15.8. The molecule has 0 radical (unpaired) electrons. The van der Waals surface area contributed by atoms with Crippen LogP contribution in [0.4, 0.5) is 0 Å². The van der Waals surface area contributed by atoms with Gasteiger partial charge in [-0.15, -0.1) is 11.6 Å². The predicted octanol–water partition coefficient (Wildman–Crippen LogP) is 3.94. The summed E-state index contributed by atoms with van der Waals surface area (Å²) in [5.74, 6) is 0.466. The molecule has 0 heterocycles. The van der Waals surface area contributed by atoms with Crippen molar-refractivity contribution in [2.24, 2.45) is 0 Å². The Hall–Kier alpha value is -0.393. The number of hydrogen-bond acceptors (Lipinski definition) is 3. The van der Waals surface area contributed by atoms with Gasteiger partial charge in [-0.1, -0.05) is 36.5 Å². The molecular formula is C14H25ClO3Si. The molecule has 0 saturated carbocycles. The first-order valence-corrected chi connectivity index (χ1v) is 9.02. The average molecular weight is 305 g/mol. The van der Waals surface area contributed by atoms with E-state index in [1.165, 1.54) is 0 Å². The first-order chi connectivity index (χ1) is 9.24. The highest BCUT2D eigenvalue weighted by Crippen LogP contribution is 2.17. The van der Waals surface area contributed by atoms with E-state index in [0.717, 1.165) is 0 Å². The summed E-state index contributed by atoms with van der Waals surface area (Å²) in [4.78, 5) is 0. The summed E-state index contributed by atoms with van der Waals surface area (Å²) in [5.41, 5.74) is 0. The lowest BCUT2D eigenvalue weighted by molar-refractivity contribution is 0.0874. The summed E-state index contributed by atoms with van der Waals surface area (Å²) >= 11 is 5.86. The highest BCUT2D eigenvalue weighted by Gasteiger charge is 2.40. The molecule has 0 rings (SSSR count). The topological polar surface area (TPSA) is 27.7 Å². The van der Waals surface area contributed by atoms with Gasteiger partial charge in [0.2, 0.25) is 0 Å². The lowest BCUT2D eigenvalue weighted by Crippen LogP contribution is -2.46. The van der Waals surface area contributed by atoms with E-state index in [4.69, 9.17) is 24.9 Å². The Kier molecular flexibility index (Phi) is 12.4. The zero-order valence-corrected chi connectivity index (χ0v) is 13.9. The molecule has 0 bridgehead atoms. The van der Waals surface area contributed by atoms with Gasteiger partial charge in [0.1, 0.15) is 0 Å². The van der Waals surface area contributed by atoms with Crippen molar-refractivity contribution in [1.29, 1.82) is 0 Å². The Morgan fingerprint density at radius 3 is 1.42 bits per heavy atom. The van der Waals surface area contributed by atoms with Gasteiger partial charge >= 0.3 is 8.80 Å². The molecule has 0 N–H and O–H groups in total. The quantitative estimate of drug-likeness (QED) is 0.329. The lowest BCUT2D eigenvalue weighted by atomic mass is 10.6. The number of alkyl halides is 1. The molecule has 0 aromatic carbocycles. The van der Waals surface area contributed by atoms with Gasteiger partial charge in [-0.3, -0.25) is 0 Å². The molecule has 3 nitrogen and oxygen atoms in total. The molecule has 5 heteroatoms. The molecule has 0 aromatic rings. The van der Waals surface area contributed by atoms with E-state index in [0.29, 0.717) is 31.7 Å². The third kappa shape index (κ3) is 9.19. The SMILES string of the molecule is CC=CCO[Si](CCCl)(OCC=CC)OCC=CC. The van der Waals surface area contributed by atoms with Crippen molar-refractivity contribution in [3.05, 3.63) is 36.5 Å². The fraction of sp³-hybridized carbons (Fsp3) is 0.571. The summed E-state index contributed by atoms with van der Waals surface area (Å²) in [5, 5.41) is 0. The van der Waals surface area contributed by atoms with Crippen LogP contribution in [0.2, 0.25) is 6.04 Å². The highest BCUT2D eigenvalue weighted by molar-refractivity contribution is 6.61. The fourth-order valence-electron chi connectivity index (χ4n) is 1.27. The van der Waals surface area contributed by atoms with Crippen LogP contribution in [0.25, 0.3) is 0 Å². The van der Waals surface area contributed by atoms with E-state index in [2.05, 4.69) is 0 Å². The number of hydrogen-bond donors (Lipinski definition) is 0. The molecule has 0 aliphatic heterocycles. The second-order valence-corrected chi connectivity index (χ2v) is 6.87. The summed E-state index contributed by atoms with van der Waals surface area (Å²) < 4.78 is 17.6. The Morgan fingerprint density at radius 1 is 0.789 bits per heavy atom. The minimum atomic E-state index is -2.69. The van der Waals surface area contributed by atoms with Crippen LogP contribution >= 0.6 is 11.6 Å². The van der Waals surface area contributed by atoms with E-state index in [-0.39, 0.29) is 0 Å². The van der Waals surface area contributed by atoms with Crippen LogP contribution in [-0.4, -0.2) is 34.5 Å². The molecule has 0 saturated heterocycles. The van der Waals surface area contributed by atoms with Gasteiger partial charge in [0.15, 0.2) is 0 Å². The molecule has 19 heavy (non-hydrogen) atoms. The lowest BCUT2D eigenvalue weighted by Gasteiger charge is -2.28. The van der Waals surface area contributed by atoms with E-state index in [1.54, 1.807) is 0 Å². The molecule has 0 aromatic heterocycles. The molecule has 0 atom stereocenters. The van der Waals surface area contributed by atoms with E-state index >= 15 is 0 Å². The van der Waals surface area contributed by atoms with E-state index < -0.39 is 8.80 Å². The van der Waals surface area contributed by atoms with Crippen molar-refractivity contribution in [3.63, 3.8) is 0 Å². The number of halogens is 1. The van der Waals surface area contributed by atoms with Crippen LogP contribution in [-0.2, 0) is 13.3 Å². The second-order valence-electron chi connectivity index (χ2n) is 3.76. The van der Waals surface area contributed by atoms with Crippen LogP contribution < -0.4 is 0 Å². The van der Waals surface area contributed by atoms with Crippen molar-refractivity contribution in [2.45, 2.75) is 26.8 Å². The standard InChI is InChI=1S/C14H25ClO3Si/c1-4-7-11-16-19(14-10-15,17-12-8-5-2)18-13-9-6-3/h4-9H,10-14H2,1-3H3. The van der Waals surface area contributed by atoms with Crippen LogP contribution in [0.15, 0.2) is 36.5 Å². The maximum absolute atomic E-state index is 5.86. The van der Waals surface area contributed by atoms with Crippen molar-refractivity contribution >= 4 is 20.4 Å². The number of allylic oxidation sites excluding steroid dienone is 3. The van der Waals surface area contributed by atoms with Crippen molar-refractivity contribution < 1.29 is 13.3 Å². The van der Waals surface area contributed by atoms with Crippen LogP contribution in [0.5, 0.6) is 0 Å². The van der Waals surface area contributed by atoms with Crippen molar-refractivity contribution in [1.82, 2.24) is 0 Å². The third-order valence-electron chi connectivity index (χ3n) is 2.31. The van der Waals surface area contributed by atoms with E-state index in [9.17, 15) is 0 Å². The summed E-state index contributed by atoms with van der Waals surface area (Å²) in [7, 11) is -2.69. The summed E-state index contributed by atoms with van der Waals surface area (Å²) in [6, 6.07) is 0.612. The largest absolute Gasteiger partial charge is 0.502 e. The minimum absolute atomic E-state index is 0.466. The van der Waals surface area contributed by atoms with Gasteiger partial charge in [0.05, 0.1) is 19.8 Å². The molecular weight excluding hydrogens is 280 g/mol. The van der Waals surface area contributed by atoms with Crippen molar-refractivity contribution in [2.75, 3.05) is 25.7 Å². The van der Waals surface area contributed by atoms with Gasteiger partial charge in [-0.25, -0.2) is 0 Å². The Labute approximate surface area is 123 Å². The smallest absolute Gasteiger partial charge is 0.370 e. The molecule has 0 unspecified atom stereocenters. The van der Waals surface area contributed by atoms with Crippen LogP contribution in [0.3, 0.4) is 0 Å². The molecule has 0 aliphatic rings. The Balaban J connectivity index is 4.64. The summed E-state index contributed by atoms with van der Waals surface area (Å²) in [6.07, 6.45) is 11.6. The zero-order chi connectivity index (χ0) is 14.4. The Morgan fingerprint density at radius 2 is 1.16 bits per heavy atom. The number of rotatable bonds is 11. The van der Waals surface area contributed by atoms with Gasteiger partial charge in [-0.05, 0) is 20.8 Å². The maximum atomic E-state index is 5.86. The molecule has 110 valence electrons. The molecule has 0 amide bonds. The second kappa shape index (κ2) is 12.6. The van der Waals surface area contributed by atoms with Crippen LogP contribution in [0.1, 0.15) is 20.8 Å². The van der Waals surface area contributed by atoms with Gasteiger partial charge in [-0.2, -0.15) is 0 Å². The van der Waals surface area contributed by atoms with Gasteiger partial charge in [0.25, 0.3) is 0 Å². The first-order valence-electron chi connectivity index (χ1n) is 6.56. The monoisotopic (exact) mass is 304 g/mol. The third-order valence-corrected chi connectivity index (χ3v) is 5.49. The predicted molar refractivity (Wildman–Crippen MR) is 83.6 cm³/mol. The molecule has 0 aliphatic carbocycles. The minimum Gasteiger partial charge on any atom is -0.370 e. The summed E-state index contributed by atoms with van der Waals surface area (Å²) in [6.45, 7) is 7.34. The van der Waals surface area contributed by atoms with E-state index in [1.807, 2.05) is 57.2 Å². The Bertz CT molecular complexity index is 250. The zero-order valence-electron chi connectivity index (χ0n) is 12.1. The maximum Gasteiger partial charge on any atom is 0.502 e. The fourth-order valence-corrected chi connectivity index (χ4v) is 3.93. The highest BCUT2D eigenvalue weighted by atomic mass is 35.5. The first kappa shape index (κ1) is 18.6.